The molecule has 0 saturated carbocycles. The lowest BCUT2D eigenvalue weighted by Gasteiger charge is -2.24. The quantitative estimate of drug-likeness (QED) is 0.550. The van der Waals surface area contributed by atoms with Gasteiger partial charge in [0, 0.05) is 5.75 Å². The predicted molar refractivity (Wildman–Crippen MR) is 91.5 cm³/mol. The second-order valence-corrected chi connectivity index (χ2v) is 7.66. The molecule has 6 nitrogen and oxygen atoms in total. The lowest BCUT2D eigenvalue weighted by Crippen LogP contribution is -2.37. The summed E-state index contributed by atoms with van der Waals surface area (Å²) in [6.07, 6.45) is 2.64. The number of alkyl carbamates (subject to hydrolysis) is 1. The summed E-state index contributed by atoms with van der Waals surface area (Å²) < 4.78 is 11.0. The van der Waals surface area contributed by atoms with Gasteiger partial charge in [0.05, 0.1) is 0 Å². The summed E-state index contributed by atoms with van der Waals surface area (Å²) in [7, 11) is 0. The highest BCUT2D eigenvalue weighted by molar-refractivity contribution is 7.99. The zero-order valence-corrected chi connectivity index (χ0v) is 15.8. The SMILES string of the molecule is CCCCSc1nnc([C@@H](NC(=O)OC(C)(C)C)C(C)CC)o1. The molecule has 0 aliphatic rings. The average Bonchev–Trinajstić information content (AvgIpc) is 2.91. The first-order valence-electron chi connectivity index (χ1n) is 8.22. The highest BCUT2D eigenvalue weighted by atomic mass is 32.2. The topological polar surface area (TPSA) is 77.2 Å². The van der Waals surface area contributed by atoms with Gasteiger partial charge in [-0.05, 0) is 33.1 Å². The molecule has 1 amide bonds. The lowest BCUT2D eigenvalue weighted by atomic mass is 9.99. The van der Waals surface area contributed by atoms with Crippen LogP contribution in [0.5, 0.6) is 0 Å². The van der Waals surface area contributed by atoms with Crippen LogP contribution in [0.25, 0.3) is 0 Å². The zero-order chi connectivity index (χ0) is 17.5. The van der Waals surface area contributed by atoms with Crippen LogP contribution in [0.2, 0.25) is 0 Å². The van der Waals surface area contributed by atoms with Gasteiger partial charge < -0.3 is 14.5 Å². The highest BCUT2D eigenvalue weighted by Gasteiger charge is 2.28. The normalized spacial score (nSPS) is 14.3. The first kappa shape index (κ1) is 19.8. The Bertz CT molecular complexity index is 485. The summed E-state index contributed by atoms with van der Waals surface area (Å²) in [4.78, 5) is 12.1. The fourth-order valence-electron chi connectivity index (χ4n) is 1.83. The van der Waals surface area contributed by atoms with E-state index < -0.39 is 11.7 Å². The Morgan fingerprint density at radius 3 is 2.61 bits per heavy atom. The van der Waals surface area contributed by atoms with E-state index in [0.29, 0.717) is 11.1 Å². The van der Waals surface area contributed by atoms with E-state index >= 15 is 0 Å². The molecule has 23 heavy (non-hydrogen) atoms. The monoisotopic (exact) mass is 343 g/mol. The molecule has 0 fully saturated rings. The largest absolute Gasteiger partial charge is 0.444 e. The second-order valence-electron chi connectivity index (χ2n) is 6.62. The number of thioether (sulfide) groups is 1. The molecular formula is C16H29N3O3S. The van der Waals surface area contributed by atoms with Crippen molar-refractivity contribution in [1.29, 1.82) is 0 Å². The van der Waals surface area contributed by atoms with Crippen molar-refractivity contribution in [2.24, 2.45) is 5.92 Å². The molecule has 1 N–H and O–H groups in total. The third-order valence-electron chi connectivity index (χ3n) is 3.30. The molecule has 0 saturated heterocycles. The zero-order valence-electron chi connectivity index (χ0n) is 15.0. The van der Waals surface area contributed by atoms with Crippen molar-refractivity contribution in [1.82, 2.24) is 15.5 Å². The maximum Gasteiger partial charge on any atom is 0.408 e. The summed E-state index contributed by atoms with van der Waals surface area (Å²) in [6.45, 7) is 11.7. The summed E-state index contributed by atoms with van der Waals surface area (Å²) in [5.41, 5.74) is -0.542. The molecule has 2 atom stereocenters. The van der Waals surface area contributed by atoms with Crippen LogP contribution in [0.1, 0.15) is 72.7 Å². The predicted octanol–water partition coefficient (Wildman–Crippen LogP) is 4.57. The Morgan fingerprint density at radius 2 is 2.04 bits per heavy atom. The molecule has 0 aromatic carbocycles. The molecule has 132 valence electrons. The van der Waals surface area contributed by atoms with Crippen molar-refractivity contribution < 1.29 is 13.9 Å². The van der Waals surface area contributed by atoms with Crippen molar-refractivity contribution >= 4 is 17.9 Å². The van der Waals surface area contributed by atoms with Gasteiger partial charge in [-0.3, -0.25) is 0 Å². The Balaban J connectivity index is 2.76. The lowest BCUT2D eigenvalue weighted by molar-refractivity contribution is 0.0474. The number of unbranched alkanes of at least 4 members (excludes halogenated alkanes) is 1. The first-order chi connectivity index (χ1) is 10.8. The van der Waals surface area contributed by atoms with Gasteiger partial charge in [0.25, 0.3) is 5.22 Å². The molecule has 0 aliphatic carbocycles. The Morgan fingerprint density at radius 1 is 1.35 bits per heavy atom. The van der Waals surface area contributed by atoms with Crippen molar-refractivity contribution in [3.63, 3.8) is 0 Å². The third-order valence-corrected chi connectivity index (χ3v) is 4.20. The third kappa shape index (κ3) is 7.24. The summed E-state index contributed by atoms with van der Waals surface area (Å²) in [6, 6.07) is -0.345. The molecule has 0 aliphatic heterocycles. The molecule has 0 radical (unpaired) electrons. The second kappa shape index (κ2) is 9.15. The Hall–Kier alpha value is -1.24. The minimum Gasteiger partial charge on any atom is -0.444 e. The van der Waals surface area contributed by atoms with E-state index in [4.69, 9.17) is 9.15 Å². The molecule has 1 rings (SSSR count). The van der Waals surface area contributed by atoms with Crippen LogP contribution in [0.3, 0.4) is 0 Å². The van der Waals surface area contributed by atoms with Crippen LogP contribution >= 0.6 is 11.8 Å². The standard InChI is InChI=1S/C16H29N3O3S/c1-7-9-10-23-15-19-18-13(21-15)12(11(3)8-2)17-14(20)22-16(4,5)6/h11-12H,7-10H2,1-6H3,(H,17,20)/t11?,12-/m0/s1. The fourth-order valence-corrected chi connectivity index (χ4v) is 2.68. The van der Waals surface area contributed by atoms with Gasteiger partial charge >= 0.3 is 6.09 Å². The minimum absolute atomic E-state index is 0.163. The number of hydrogen-bond acceptors (Lipinski definition) is 6. The van der Waals surface area contributed by atoms with Gasteiger partial charge in [-0.15, -0.1) is 10.2 Å². The number of carbonyl (C=O) groups excluding carboxylic acids is 1. The van der Waals surface area contributed by atoms with Crippen LogP contribution in [0, 0.1) is 5.92 Å². The maximum absolute atomic E-state index is 12.1. The number of rotatable bonds is 8. The van der Waals surface area contributed by atoms with Gasteiger partial charge in [0.2, 0.25) is 5.89 Å². The van der Waals surface area contributed by atoms with E-state index in [1.165, 1.54) is 0 Å². The summed E-state index contributed by atoms with van der Waals surface area (Å²) >= 11 is 1.55. The molecule has 1 unspecified atom stereocenters. The van der Waals surface area contributed by atoms with Gasteiger partial charge in [-0.25, -0.2) is 4.79 Å². The van der Waals surface area contributed by atoms with Crippen LogP contribution in [0.4, 0.5) is 4.79 Å². The Labute approximate surface area is 143 Å². The van der Waals surface area contributed by atoms with E-state index in [-0.39, 0.29) is 12.0 Å². The number of carbonyl (C=O) groups is 1. The van der Waals surface area contributed by atoms with Crippen molar-refractivity contribution in [3.05, 3.63) is 5.89 Å². The molecule has 1 aromatic heterocycles. The first-order valence-corrected chi connectivity index (χ1v) is 9.21. The number of nitrogens with one attached hydrogen (secondary N) is 1. The van der Waals surface area contributed by atoms with Gasteiger partial charge in [-0.2, -0.15) is 0 Å². The van der Waals surface area contributed by atoms with E-state index in [1.54, 1.807) is 11.8 Å². The Kier molecular flexibility index (Phi) is 7.88. The smallest absolute Gasteiger partial charge is 0.408 e. The van der Waals surface area contributed by atoms with E-state index in [9.17, 15) is 4.79 Å². The van der Waals surface area contributed by atoms with Crippen molar-refractivity contribution in [3.8, 4) is 0 Å². The molecular weight excluding hydrogens is 314 g/mol. The van der Waals surface area contributed by atoms with E-state index in [0.717, 1.165) is 25.0 Å². The maximum atomic E-state index is 12.1. The minimum atomic E-state index is -0.542. The van der Waals surface area contributed by atoms with Gasteiger partial charge in [0.15, 0.2) is 0 Å². The van der Waals surface area contributed by atoms with Crippen LogP contribution < -0.4 is 5.32 Å². The molecule has 1 heterocycles. The fraction of sp³-hybridized carbons (Fsp3) is 0.812. The van der Waals surface area contributed by atoms with Crippen LogP contribution in [0.15, 0.2) is 9.64 Å². The van der Waals surface area contributed by atoms with E-state index in [1.807, 2.05) is 27.7 Å². The molecule has 0 bridgehead atoms. The number of hydrogen-bond donors (Lipinski definition) is 1. The van der Waals surface area contributed by atoms with Crippen LogP contribution in [-0.4, -0.2) is 27.6 Å². The number of aromatic nitrogens is 2. The van der Waals surface area contributed by atoms with Gasteiger partial charge in [-0.1, -0.05) is 45.4 Å². The highest BCUT2D eigenvalue weighted by Crippen LogP contribution is 2.27. The number of ether oxygens (including phenoxy) is 1. The van der Waals surface area contributed by atoms with Crippen molar-refractivity contribution in [2.45, 2.75) is 77.7 Å². The molecule has 1 aromatic rings. The molecule has 0 spiro atoms. The summed E-state index contributed by atoms with van der Waals surface area (Å²) in [5.74, 6) is 1.55. The van der Waals surface area contributed by atoms with E-state index in [2.05, 4.69) is 29.4 Å². The van der Waals surface area contributed by atoms with Crippen molar-refractivity contribution in [2.75, 3.05) is 5.75 Å². The average molecular weight is 343 g/mol. The number of amides is 1. The van der Waals surface area contributed by atoms with Gasteiger partial charge in [0.1, 0.15) is 11.6 Å². The summed E-state index contributed by atoms with van der Waals surface area (Å²) in [5, 5.41) is 11.6. The van der Waals surface area contributed by atoms with Crippen LogP contribution in [-0.2, 0) is 4.74 Å². The molecule has 7 heteroatoms. The number of nitrogens with zero attached hydrogens (tertiary/aromatic N) is 2.